The summed E-state index contributed by atoms with van der Waals surface area (Å²) in [6, 6.07) is 0.387. The average Bonchev–Trinajstić information content (AvgIpc) is 2.75. The summed E-state index contributed by atoms with van der Waals surface area (Å²) < 4.78 is 1.77. The van der Waals surface area contributed by atoms with Crippen LogP contribution in [0.1, 0.15) is 22.8 Å². The van der Waals surface area contributed by atoms with E-state index in [-0.39, 0.29) is 5.56 Å². The number of nitrogens with zero attached hydrogens (tertiary/aromatic N) is 2. The summed E-state index contributed by atoms with van der Waals surface area (Å²) in [5.74, 6) is 1.28. The number of aromatic carboxylic acids is 1. The highest BCUT2D eigenvalue weighted by molar-refractivity contribution is 7.99. The summed E-state index contributed by atoms with van der Waals surface area (Å²) >= 11 is 1.89. The van der Waals surface area contributed by atoms with Crippen LogP contribution in [0.15, 0.2) is 12.4 Å². The van der Waals surface area contributed by atoms with Crippen molar-refractivity contribution in [3.8, 4) is 0 Å². The quantitative estimate of drug-likeness (QED) is 0.777. The number of hydrogen-bond donors (Lipinski definition) is 1. The highest BCUT2D eigenvalue weighted by Crippen LogP contribution is 2.27. The molecule has 13 heavy (non-hydrogen) atoms. The van der Waals surface area contributed by atoms with Crippen LogP contribution >= 0.6 is 11.8 Å². The van der Waals surface area contributed by atoms with Crippen LogP contribution in [0.5, 0.6) is 0 Å². The van der Waals surface area contributed by atoms with E-state index in [0.717, 1.165) is 17.9 Å². The Morgan fingerprint density at radius 3 is 3.15 bits per heavy atom. The number of hydrogen-bond acceptors (Lipinski definition) is 3. The van der Waals surface area contributed by atoms with Crippen LogP contribution in [0, 0.1) is 0 Å². The van der Waals surface area contributed by atoms with Gasteiger partial charge in [0.25, 0.3) is 0 Å². The molecule has 0 saturated carbocycles. The summed E-state index contributed by atoms with van der Waals surface area (Å²) in [7, 11) is 0. The summed E-state index contributed by atoms with van der Waals surface area (Å²) in [6.07, 6.45) is 4.11. The van der Waals surface area contributed by atoms with Gasteiger partial charge in [-0.15, -0.1) is 0 Å². The van der Waals surface area contributed by atoms with Gasteiger partial charge in [-0.05, 0) is 12.2 Å². The highest BCUT2D eigenvalue weighted by atomic mass is 32.2. The van der Waals surface area contributed by atoms with E-state index in [4.69, 9.17) is 5.11 Å². The molecule has 1 N–H and O–H groups in total. The maximum Gasteiger partial charge on any atom is 0.338 e. The molecule has 2 rings (SSSR count). The van der Waals surface area contributed by atoms with Gasteiger partial charge in [0.2, 0.25) is 0 Å². The Bertz CT molecular complexity index is 318. The Hall–Kier alpha value is -0.970. The second-order valence-corrected chi connectivity index (χ2v) is 4.18. The lowest BCUT2D eigenvalue weighted by atomic mass is 10.3. The molecule has 0 aliphatic carbocycles. The van der Waals surface area contributed by atoms with Crippen molar-refractivity contribution in [2.24, 2.45) is 0 Å². The van der Waals surface area contributed by atoms with Crippen LogP contribution in [0.4, 0.5) is 0 Å². The van der Waals surface area contributed by atoms with E-state index in [0.29, 0.717) is 6.04 Å². The van der Waals surface area contributed by atoms with Gasteiger partial charge in [0.1, 0.15) is 0 Å². The van der Waals surface area contributed by atoms with Gasteiger partial charge in [-0.1, -0.05) is 0 Å². The number of thioether (sulfide) groups is 1. The Kier molecular flexibility index (Phi) is 2.26. The number of carbonyl (C=O) groups is 1. The molecule has 70 valence electrons. The van der Waals surface area contributed by atoms with Gasteiger partial charge in [0.15, 0.2) is 0 Å². The zero-order chi connectivity index (χ0) is 9.26. The minimum Gasteiger partial charge on any atom is -0.478 e. The molecule has 0 bridgehead atoms. The molecule has 5 heteroatoms. The number of aromatic nitrogens is 2. The topological polar surface area (TPSA) is 55.1 Å². The average molecular weight is 198 g/mol. The second kappa shape index (κ2) is 3.41. The van der Waals surface area contributed by atoms with Gasteiger partial charge in [-0.2, -0.15) is 16.9 Å². The van der Waals surface area contributed by atoms with Crippen molar-refractivity contribution >= 4 is 17.7 Å². The van der Waals surface area contributed by atoms with Crippen molar-refractivity contribution in [2.45, 2.75) is 12.5 Å². The van der Waals surface area contributed by atoms with Crippen LogP contribution < -0.4 is 0 Å². The van der Waals surface area contributed by atoms with Crippen molar-refractivity contribution in [2.75, 3.05) is 11.5 Å². The molecule has 1 aromatic heterocycles. The Balaban J connectivity index is 2.16. The normalized spacial score (nSPS) is 22.0. The van der Waals surface area contributed by atoms with E-state index in [1.54, 1.807) is 10.9 Å². The van der Waals surface area contributed by atoms with Crippen LogP contribution in [-0.4, -0.2) is 32.4 Å². The SMILES string of the molecule is O=C(O)c1cnn(C2CCSC2)c1. The van der Waals surface area contributed by atoms with Gasteiger partial charge in [-0.25, -0.2) is 4.79 Å². The maximum atomic E-state index is 10.6. The lowest BCUT2D eigenvalue weighted by Gasteiger charge is -2.07. The third-order valence-electron chi connectivity index (χ3n) is 2.13. The largest absolute Gasteiger partial charge is 0.478 e. The van der Waals surface area contributed by atoms with Crippen LogP contribution in [0.3, 0.4) is 0 Å². The number of rotatable bonds is 2. The van der Waals surface area contributed by atoms with E-state index in [2.05, 4.69) is 5.10 Å². The first-order valence-electron chi connectivity index (χ1n) is 4.12. The predicted octanol–water partition coefficient (Wildman–Crippen LogP) is 1.26. The molecule has 4 nitrogen and oxygen atoms in total. The Morgan fingerprint density at radius 1 is 1.77 bits per heavy atom. The summed E-state index contributed by atoms with van der Waals surface area (Å²) in [4.78, 5) is 10.6. The summed E-state index contributed by atoms with van der Waals surface area (Å²) in [6.45, 7) is 0. The molecule has 0 amide bonds. The molecule has 1 aliphatic rings. The molecule has 2 heterocycles. The number of carboxylic acid groups (broad SMARTS) is 1. The van der Waals surface area contributed by atoms with E-state index in [9.17, 15) is 4.79 Å². The van der Waals surface area contributed by atoms with Gasteiger partial charge in [0, 0.05) is 11.9 Å². The molecule has 1 aliphatic heterocycles. The van der Waals surface area contributed by atoms with Crippen LogP contribution in [0.25, 0.3) is 0 Å². The highest BCUT2D eigenvalue weighted by Gasteiger charge is 2.18. The van der Waals surface area contributed by atoms with E-state index >= 15 is 0 Å². The fourth-order valence-corrected chi connectivity index (χ4v) is 2.58. The van der Waals surface area contributed by atoms with E-state index in [1.807, 2.05) is 11.8 Å². The summed E-state index contributed by atoms with van der Waals surface area (Å²) in [5.41, 5.74) is 0.275. The van der Waals surface area contributed by atoms with Gasteiger partial charge >= 0.3 is 5.97 Å². The van der Waals surface area contributed by atoms with Crippen LogP contribution in [0.2, 0.25) is 0 Å². The molecule has 0 spiro atoms. The Labute approximate surface area is 79.9 Å². The maximum absolute atomic E-state index is 10.6. The molecule has 0 aromatic carbocycles. The Morgan fingerprint density at radius 2 is 2.62 bits per heavy atom. The molecule has 1 fully saturated rings. The minimum atomic E-state index is -0.906. The summed E-state index contributed by atoms with van der Waals surface area (Å²) in [5, 5.41) is 12.7. The smallest absolute Gasteiger partial charge is 0.338 e. The molecule has 1 aromatic rings. The first-order valence-corrected chi connectivity index (χ1v) is 5.28. The van der Waals surface area contributed by atoms with Gasteiger partial charge in [0.05, 0.1) is 17.8 Å². The molecule has 1 atom stereocenters. The fraction of sp³-hybridized carbons (Fsp3) is 0.500. The standard InChI is InChI=1S/C8H10N2O2S/c11-8(12)6-3-9-10(4-6)7-1-2-13-5-7/h3-4,7H,1-2,5H2,(H,11,12). The monoisotopic (exact) mass is 198 g/mol. The van der Waals surface area contributed by atoms with Crippen molar-refractivity contribution in [1.82, 2.24) is 9.78 Å². The minimum absolute atomic E-state index is 0.275. The van der Waals surface area contributed by atoms with Crippen molar-refractivity contribution in [3.63, 3.8) is 0 Å². The molecular formula is C8H10N2O2S. The van der Waals surface area contributed by atoms with Crippen molar-refractivity contribution < 1.29 is 9.90 Å². The third-order valence-corrected chi connectivity index (χ3v) is 3.27. The zero-order valence-corrected chi connectivity index (χ0v) is 7.83. The third kappa shape index (κ3) is 1.70. The lowest BCUT2D eigenvalue weighted by molar-refractivity contribution is 0.0696. The second-order valence-electron chi connectivity index (χ2n) is 3.03. The molecule has 1 saturated heterocycles. The van der Waals surface area contributed by atoms with Gasteiger partial charge in [-0.3, -0.25) is 4.68 Å². The van der Waals surface area contributed by atoms with E-state index in [1.165, 1.54) is 6.20 Å². The van der Waals surface area contributed by atoms with Crippen LogP contribution in [-0.2, 0) is 0 Å². The predicted molar refractivity (Wildman–Crippen MR) is 50.2 cm³/mol. The van der Waals surface area contributed by atoms with Crippen molar-refractivity contribution in [1.29, 1.82) is 0 Å². The first-order chi connectivity index (χ1) is 6.27. The van der Waals surface area contributed by atoms with E-state index < -0.39 is 5.97 Å². The first kappa shape index (κ1) is 8.62. The zero-order valence-electron chi connectivity index (χ0n) is 7.01. The fourth-order valence-electron chi connectivity index (χ4n) is 1.38. The number of carboxylic acids is 1. The molecular weight excluding hydrogens is 188 g/mol. The lowest BCUT2D eigenvalue weighted by Crippen LogP contribution is -2.07. The molecule has 0 radical (unpaired) electrons. The van der Waals surface area contributed by atoms with Gasteiger partial charge < -0.3 is 5.11 Å². The molecule has 1 unspecified atom stereocenters. The van der Waals surface area contributed by atoms with Crippen molar-refractivity contribution in [3.05, 3.63) is 18.0 Å².